The summed E-state index contributed by atoms with van der Waals surface area (Å²) in [5.74, 6) is 1.04. The molecule has 21 heavy (non-hydrogen) atoms. The van der Waals surface area contributed by atoms with Gasteiger partial charge in [-0.3, -0.25) is 9.89 Å². The summed E-state index contributed by atoms with van der Waals surface area (Å²) in [6.45, 7) is 0. The van der Waals surface area contributed by atoms with Crippen molar-refractivity contribution in [3.05, 3.63) is 41.7 Å². The minimum atomic E-state index is -0.460. The fourth-order valence-electron chi connectivity index (χ4n) is 2.72. The van der Waals surface area contributed by atoms with Gasteiger partial charge >= 0.3 is 0 Å². The summed E-state index contributed by atoms with van der Waals surface area (Å²) in [6, 6.07) is 9.50. The fraction of sp³-hybridized carbons (Fsp3) is 0.400. The van der Waals surface area contributed by atoms with Crippen LogP contribution in [-0.4, -0.2) is 21.1 Å². The Hall–Kier alpha value is -1.82. The van der Waals surface area contributed by atoms with Crippen molar-refractivity contribution in [2.75, 3.05) is 0 Å². The van der Waals surface area contributed by atoms with E-state index in [1.165, 1.54) is 24.6 Å². The molecule has 1 aromatic heterocycles. The van der Waals surface area contributed by atoms with Gasteiger partial charge in [-0.05, 0) is 18.4 Å². The van der Waals surface area contributed by atoms with Crippen LogP contribution in [0.3, 0.4) is 0 Å². The first-order chi connectivity index (χ1) is 10.2. The Balaban J connectivity index is 1.76. The molecule has 0 radical (unpaired) electrons. The highest BCUT2D eigenvalue weighted by atomic mass is 32.2. The molecule has 1 amide bonds. The molecule has 0 spiro atoms. The Bertz CT molecular complexity index is 607. The normalized spacial score (nSPS) is 17.0. The Morgan fingerprint density at radius 1 is 1.29 bits per heavy atom. The van der Waals surface area contributed by atoms with Crippen molar-refractivity contribution in [3.8, 4) is 0 Å². The molecule has 0 aliphatic heterocycles. The zero-order valence-electron chi connectivity index (χ0n) is 11.7. The molecule has 1 atom stereocenters. The van der Waals surface area contributed by atoms with E-state index in [0.717, 1.165) is 24.2 Å². The largest absolute Gasteiger partial charge is 0.368 e. The van der Waals surface area contributed by atoms with Gasteiger partial charge in [0.25, 0.3) is 0 Å². The van der Waals surface area contributed by atoms with Crippen molar-refractivity contribution < 1.29 is 4.79 Å². The second kappa shape index (κ2) is 6.30. The van der Waals surface area contributed by atoms with Crippen molar-refractivity contribution in [1.82, 2.24) is 15.2 Å². The molecule has 6 heteroatoms. The van der Waals surface area contributed by atoms with Gasteiger partial charge in [-0.25, -0.2) is 4.98 Å². The van der Waals surface area contributed by atoms with E-state index in [1.807, 2.05) is 30.3 Å². The van der Waals surface area contributed by atoms with Crippen molar-refractivity contribution in [1.29, 1.82) is 0 Å². The molecular formula is C15H18N4OS. The van der Waals surface area contributed by atoms with Crippen molar-refractivity contribution >= 4 is 17.7 Å². The van der Waals surface area contributed by atoms with E-state index in [4.69, 9.17) is 5.73 Å². The van der Waals surface area contributed by atoms with Crippen LogP contribution < -0.4 is 5.73 Å². The first kappa shape index (κ1) is 14.1. The molecule has 0 bridgehead atoms. The van der Waals surface area contributed by atoms with E-state index < -0.39 is 5.25 Å². The predicted molar refractivity (Wildman–Crippen MR) is 81.8 cm³/mol. The first-order valence-corrected chi connectivity index (χ1v) is 8.05. The van der Waals surface area contributed by atoms with E-state index in [1.54, 1.807) is 0 Å². The van der Waals surface area contributed by atoms with Gasteiger partial charge in [0.05, 0.1) is 0 Å². The quantitative estimate of drug-likeness (QED) is 0.832. The average Bonchev–Trinajstić information content (AvgIpc) is 3.16. The smallest absolute Gasteiger partial charge is 0.235 e. The van der Waals surface area contributed by atoms with Crippen LogP contribution in [0.1, 0.15) is 48.2 Å². The average molecular weight is 302 g/mol. The fourth-order valence-corrected chi connectivity index (χ4v) is 3.59. The molecule has 5 nitrogen and oxygen atoms in total. The number of hydrogen-bond acceptors (Lipinski definition) is 4. The lowest BCUT2D eigenvalue weighted by Crippen LogP contribution is -2.19. The monoisotopic (exact) mass is 302 g/mol. The van der Waals surface area contributed by atoms with Crippen LogP contribution in [0.5, 0.6) is 0 Å². The molecule has 0 saturated heterocycles. The van der Waals surface area contributed by atoms with Crippen molar-refractivity contribution in [2.45, 2.75) is 42.0 Å². The molecule has 1 aliphatic carbocycles. The van der Waals surface area contributed by atoms with E-state index in [-0.39, 0.29) is 5.91 Å². The lowest BCUT2D eigenvalue weighted by molar-refractivity contribution is -0.117. The van der Waals surface area contributed by atoms with Crippen molar-refractivity contribution in [2.24, 2.45) is 5.73 Å². The van der Waals surface area contributed by atoms with Crippen LogP contribution in [0.2, 0.25) is 0 Å². The number of carbonyl (C=O) groups excluding carboxylic acids is 1. The van der Waals surface area contributed by atoms with Crippen molar-refractivity contribution in [3.63, 3.8) is 0 Å². The SMILES string of the molecule is NC(=O)C(Sc1n[nH]c(C2CCCC2)n1)c1ccccc1. The van der Waals surface area contributed by atoms with Gasteiger partial charge in [0, 0.05) is 5.92 Å². The minimum Gasteiger partial charge on any atom is -0.368 e. The maximum absolute atomic E-state index is 11.7. The maximum atomic E-state index is 11.7. The molecule has 1 saturated carbocycles. The third-order valence-corrected chi connectivity index (χ3v) is 4.94. The summed E-state index contributed by atoms with van der Waals surface area (Å²) in [5, 5.41) is 7.36. The van der Waals surface area contributed by atoms with E-state index >= 15 is 0 Å². The summed E-state index contributed by atoms with van der Waals surface area (Å²) in [6.07, 6.45) is 4.83. The van der Waals surface area contributed by atoms with Gasteiger partial charge < -0.3 is 5.73 Å². The zero-order valence-corrected chi connectivity index (χ0v) is 12.5. The van der Waals surface area contributed by atoms with E-state index in [0.29, 0.717) is 11.1 Å². The second-order valence-corrected chi connectivity index (χ2v) is 6.37. The summed E-state index contributed by atoms with van der Waals surface area (Å²) in [5.41, 5.74) is 6.40. The maximum Gasteiger partial charge on any atom is 0.235 e. The van der Waals surface area contributed by atoms with Gasteiger partial charge in [-0.15, -0.1) is 5.10 Å². The number of rotatable bonds is 5. The van der Waals surface area contributed by atoms with Gasteiger partial charge in [0.1, 0.15) is 11.1 Å². The predicted octanol–water partition coefficient (Wildman–Crippen LogP) is 2.78. The molecule has 110 valence electrons. The highest BCUT2D eigenvalue weighted by Crippen LogP contribution is 2.36. The first-order valence-electron chi connectivity index (χ1n) is 7.17. The number of aromatic nitrogens is 3. The zero-order chi connectivity index (χ0) is 14.7. The number of nitrogens with zero attached hydrogens (tertiary/aromatic N) is 2. The third-order valence-electron chi connectivity index (χ3n) is 3.81. The molecule has 1 aliphatic rings. The highest BCUT2D eigenvalue weighted by Gasteiger charge is 2.24. The number of thioether (sulfide) groups is 1. The molecular weight excluding hydrogens is 284 g/mol. The number of amides is 1. The summed E-state index contributed by atoms with van der Waals surface area (Å²) >= 11 is 1.30. The van der Waals surface area contributed by atoms with Crippen LogP contribution in [0, 0.1) is 0 Å². The van der Waals surface area contributed by atoms with Gasteiger partial charge in [0.15, 0.2) is 0 Å². The molecule has 1 heterocycles. The number of benzene rings is 1. The Labute approximate surface area is 127 Å². The number of primary amides is 1. The third kappa shape index (κ3) is 3.26. The van der Waals surface area contributed by atoms with Crippen LogP contribution in [0.4, 0.5) is 0 Å². The highest BCUT2D eigenvalue weighted by molar-refractivity contribution is 8.00. The second-order valence-electron chi connectivity index (χ2n) is 5.30. The topological polar surface area (TPSA) is 84.7 Å². The standard InChI is InChI=1S/C15H18N4OS/c16-13(20)12(10-6-2-1-3-7-10)21-15-17-14(18-19-15)11-8-4-5-9-11/h1-3,6-7,11-12H,4-5,8-9H2,(H2,16,20)(H,17,18,19). The van der Waals surface area contributed by atoms with Gasteiger partial charge in [-0.2, -0.15) is 0 Å². The van der Waals surface area contributed by atoms with Crippen LogP contribution in [-0.2, 0) is 4.79 Å². The summed E-state index contributed by atoms with van der Waals surface area (Å²) in [4.78, 5) is 16.2. The van der Waals surface area contributed by atoms with Crippen LogP contribution >= 0.6 is 11.8 Å². The number of nitrogens with two attached hydrogens (primary N) is 1. The number of hydrogen-bond donors (Lipinski definition) is 2. The Morgan fingerprint density at radius 2 is 2.00 bits per heavy atom. The lowest BCUT2D eigenvalue weighted by atomic mass is 10.1. The van der Waals surface area contributed by atoms with E-state index in [2.05, 4.69) is 15.2 Å². The van der Waals surface area contributed by atoms with Gasteiger partial charge in [0.2, 0.25) is 11.1 Å². The van der Waals surface area contributed by atoms with Crippen LogP contribution in [0.25, 0.3) is 0 Å². The van der Waals surface area contributed by atoms with Gasteiger partial charge in [-0.1, -0.05) is 54.9 Å². The number of aromatic amines is 1. The van der Waals surface area contributed by atoms with Crippen LogP contribution in [0.15, 0.2) is 35.5 Å². The Kier molecular flexibility index (Phi) is 4.24. The summed E-state index contributed by atoms with van der Waals surface area (Å²) in [7, 11) is 0. The minimum absolute atomic E-state index is 0.376. The molecule has 3 N–H and O–H groups in total. The number of nitrogens with one attached hydrogen (secondary N) is 1. The van der Waals surface area contributed by atoms with E-state index in [9.17, 15) is 4.79 Å². The molecule has 1 fully saturated rings. The summed E-state index contributed by atoms with van der Waals surface area (Å²) < 4.78 is 0. The molecule has 2 aromatic rings. The lowest BCUT2D eigenvalue weighted by Gasteiger charge is -2.10. The molecule has 3 rings (SSSR count). The molecule has 1 aromatic carbocycles. The number of carbonyl (C=O) groups is 1. The number of H-pyrrole nitrogens is 1. The molecule has 1 unspecified atom stereocenters. The Morgan fingerprint density at radius 3 is 2.67 bits per heavy atom.